The van der Waals surface area contributed by atoms with Gasteiger partial charge in [-0.15, -0.1) is 0 Å². The molecule has 0 spiro atoms. The fraction of sp³-hybridized carbons (Fsp3) is 0.133. The van der Waals surface area contributed by atoms with Gasteiger partial charge in [0, 0.05) is 36.1 Å². The monoisotopic (exact) mass is 267 g/mol. The molecule has 20 heavy (non-hydrogen) atoms. The fourth-order valence-corrected chi connectivity index (χ4v) is 1.49. The van der Waals surface area contributed by atoms with Crippen molar-refractivity contribution >= 4 is 11.7 Å². The molecule has 0 aliphatic carbocycles. The Bertz CT molecular complexity index is 645. The number of rotatable bonds is 3. The number of nitrogens with zero attached hydrogens (tertiary/aromatic N) is 2. The van der Waals surface area contributed by atoms with Gasteiger partial charge in [0.05, 0.1) is 6.61 Å². The van der Waals surface area contributed by atoms with Crippen LogP contribution in [0.25, 0.3) is 0 Å². The van der Waals surface area contributed by atoms with Gasteiger partial charge in [-0.1, -0.05) is 11.8 Å². The Morgan fingerprint density at radius 2 is 2.05 bits per heavy atom. The number of hydrogen-bond donors (Lipinski definition) is 2. The van der Waals surface area contributed by atoms with Crippen LogP contribution in [0, 0.1) is 11.8 Å². The Kier molecular flexibility index (Phi) is 4.81. The van der Waals surface area contributed by atoms with Crippen LogP contribution in [0.15, 0.2) is 42.9 Å². The highest BCUT2D eigenvalue weighted by Crippen LogP contribution is 2.08. The summed E-state index contributed by atoms with van der Waals surface area (Å²) in [5.41, 5.74) is 1.25. The predicted octanol–water partition coefficient (Wildman–Crippen LogP) is 1.46. The average molecular weight is 267 g/mol. The van der Waals surface area contributed by atoms with Crippen LogP contribution in [0.1, 0.15) is 22.3 Å². The second-order valence-electron chi connectivity index (χ2n) is 3.90. The van der Waals surface area contributed by atoms with Gasteiger partial charge in [0.2, 0.25) is 0 Å². The van der Waals surface area contributed by atoms with E-state index in [1.165, 1.54) is 0 Å². The normalized spacial score (nSPS) is 9.45. The van der Waals surface area contributed by atoms with Gasteiger partial charge >= 0.3 is 0 Å². The molecule has 2 aromatic heterocycles. The van der Waals surface area contributed by atoms with E-state index >= 15 is 0 Å². The number of anilines is 1. The summed E-state index contributed by atoms with van der Waals surface area (Å²) in [4.78, 5) is 19.9. The first kappa shape index (κ1) is 13.7. The summed E-state index contributed by atoms with van der Waals surface area (Å²) in [6, 6.07) is 6.68. The van der Waals surface area contributed by atoms with Crippen molar-refractivity contribution in [2.75, 3.05) is 11.9 Å². The lowest BCUT2D eigenvalue weighted by Crippen LogP contribution is -2.12. The van der Waals surface area contributed by atoms with E-state index in [1.807, 2.05) is 0 Å². The van der Waals surface area contributed by atoms with Gasteiger partial charge in [-0.05, 0) is 24.3 Å². The van der Waals surface area contributed by atoms with Crippen molar-refractivity contribution in [2.45, 2.75) is 6.42 Å². The van der Waals surface area contributed by atoms with Gasteiger partial charge in [-0.25, -0.2) is 4.98 Å². The third-order valence-electron chi connectivity index (χ3n) is 2.41. The Labute approximate surface area is 116 Å². The minimum atomic E-state index is -0.250. The third-order valence-corrected chi connectivity index (χ3v) is 2.41. The molecule has 0 fully saturated rings. The quantitative estimate of drug-likeness (QED) is 0.826. The Hall–Kier alpha value is -2.71. The van der Waals surface area contributed by atoms with Gasteiger partial charge in [0.25, 0.3) is 5.91 Å². The minimum absolute atomic E-state index is 0.0315. The molecule has 0 aliphatic heterocycles. The predicted molar refractivity (Wildman–Crippen MR) is 75.0 cm³/mol. The van der Waals surface area contributed by atoms with Crippen molar-refractivity contribution in [1.82, 2.24) is 9.97 Å². The van der Waals surface area contributed by atoms with E-state index in [0.29, 0.717) is 17.8 Å². The molecule has 0 atom stereocenters. The van der Waals surface area contributed by atoms with Crippen molar-refractivity contribution in [3.8, 4) is 11.8 Å². The van der Waals surface area contributed by atoms with Crippen molar-refractivity contribution in [3.63, 3.8) is 0 Å². The van der Waals surface area contributed by atoms with Crippen LogP contribution >= 0.6 is 0 Å². The first-order chi connectivity index (χ1) is 9.79. The molecule has 0 radical (unpaired) electrons. The summed E-state index contributed by atoms with van der Waals surface area (Å²) in [6.45, 7) is 0.0315. The van der Waals surface area contributed by atoms with Crippen molar-refractivity contribution in [2.24, 2.45) is 0 Å². The molecule has 0 saturated heterocycles. The molecule has 2 aromatic rings. The van der Waals surface area contributed by atoms with Crippen molar-refractivity contribution < 1.29 is 9.90 Å². The SMILES string of the molecule is O=C(Nc1cc(C#CCCO)ccn1)c1ccncc1. The molecule has 0 bridgehead atoms. The molecule has 0 aromatic carbocycles. The standard InChI is InChI=1S/C15H13N3O2/c19-10-2-1-3-12-4-9-17-14(11-12)18-15(20)13-5-7-16-8-6-13/h4-9,11,19H,2,10H2,(H,17,18,20). The first-order valence-corrected chi connectivity index (χ1v) is 6.07. The molecule has 1 amide bonds. The van der Waals surface area contributed by atoms with Gasteiger partial charge in [0.1, 0.15) is 5.82 Å². The van der Waals surface area contributed by atoms with Crippen molar-refractivity contribution in [1.29, 1.82) is 0 Å². The van der Waals surface area contributed by atoms with E-state index in [2.05, 4.69) is 27.1 Å². The lowest BCUT2D eigenvalue weighted by molar-refractivity contribution is 0.102. The van der Waals surface area contributed by atoms with Gasteiger partial charge < -0.3 is 10.4 Å². The summed E-state index contributed by atoms with van der Waals surface area (Å²) in [7, 11) is 0. The summed E-state index contributed by atoms with van der Waals surface area (Å²) in [6.07, 6.45) is 5.10. The number of aliphatic hydroxyl groups excluding tert-OH is 1. The van der Waals surface area contributed by atoms with E-state index < -0.39 is 0 Å². The second kappa shape index (κ2) is 7.02. The zero-order chi connectivity index (χ0) is 14.2. The van der Waals surface area contributed by atoms with Crippen LogP contribution in [0.3, 0.4) is 0 Å². The van der Waals surface area contributed by atoms with E-state index in [1.54, 1.807) is 42.9 Å². The zero-order valence-corrected chi connectivity index (χ0v) is 10.7. The molecule has 5 nitrogen and oxygen atoms in total. The summed E-state index contributed by atoms with van der Waals surface area (Å²) in [5.74, 6) is 5.89. The third kappa shape index (κ3) is 3.90. The molecule has 100 valence electrons. The highest BCUT2D eigenvalue weighted by Gasteiger charge is 2.06. The molecule has 5 heteroatoms. The highest BCUT2D eigenvalue weighted by atomic mass is 16.2. The molecule has 2 N–H and O–H groups in total. The lowest BCUT2D eigenvalue weighted by Gasteiger charge is -2.04. The molecule has 0 aliphatic rings. The number of hydrogen-bond acceptors (Lipinski definition) is 4. The van der Waals surface area contributed by atoms with E-state index in [9.17, 15) is 4.79 Å². The Morgan fingerprint density at radius 1 is 1.25 bits per heavy atom. The van der Waals surface area contributed by atoms with E-state index in [0.717, 1.165) is 5.56 Å². The summed E-state index contributed by atoms with van der Waals surface area (Å²) in [5, 5.41) is 11.4. The van der Waals surface area contributed by atoms with Gasteiger partial charge in [-0.3, -0.25) is 9.78 Å². The van der Waals surface area contributed by atoms with E-state index in [-0.39, 0.29) is 12.5 Å². The fourth-order valence-electron chi connectivity index (χ4n) is 1.49. The number of carbonyl (C=O) groups excluding carboxylic acids is 1. The molecular formula is C15H13N3O2. The maximum absolute atomic E-state index is 11.9. The molecule has 0 saturated carbocycles. The number of carbonyl (C=O) groups is 1. The lowest BCUT2D eigenvalue weighted by atomic mass is 10.2. The first-order valence-electron chi connectivity index (χ1n) is 6.07. The van der Waals surface area contributed by atoms with Gasteiger partial charge in [-0.2, -0.15) is 0 Å². The van der Waals surface area contributed by atoms with Gasteiger partial charge in [0.15, 0.2) is 0 Å². The van der Waals surface area contributed by atoms with Crippen LogP contribution in [0.2, 0.25) is 0 Å². The average Bonchev–Trinajstić information content (AvgIpc) is 2.49. The number of aromatic nitrogens is 2. The Morgan fingerprint density at radius 3 is 2.80 bits per heavy atom. The largest absolute Gasteiger partial charge is 0.395 e. The second-order valence-corrected chi connectivity index (χ2v) is 3.90. The maximum Gasteiger partial charge on any atom is 0.256 e. The van der Waals surface area contributed by atoms with Crippen LogP contribution in [0.4, 0.5) is 5.82 Å². The highest BCUT2D eigenvalue weighted by molar-refractivity contribution is 6.03. The van der Waals surface area contributed by atoms with Crippen LogP contribution in [-0.4, -0.2) is 27.6 Å². The molecule has 0 unspecified atom stereocenters. The smallest absolute Gasteiger partial charge is 0.256 e. The Balaban J connectivity index is 2.09. The molecular weight excluding hydrogens is 254 g/mol. The van der Waals surface area contributed by atoms with Crippen molar-refractivity contribution in [3.05, 3.63) is 54.0 Å². The zero-order valence-electron chi connectivity index (χ0n) is 10.7. The van der Waals surface area contributed by atoms with Crippen LogP contribution in [-0.2, 0) is 0 Å². The number of aliphatic hydroxyl groups is 1. The minimum Gasteiger partial charge on any atom is -0.395 e. The molecule has 2 heterocycles. The topological polar surface area (TPSA) is 75.1 Å². The summed E-state index contributed by atoms with van der Waals surface area (Å²) < 4.78 is 0. The maximum atomic E-state index is 11.9. The number of pyridine rings is 2. The summed E-state index contributed by atoms with van der Waals surface area (Å²) >= 11 is 0. The van der Waals surface area contributed by atoms with E-state index in [4.69, 9.17) is 5.11 Å². The van der Waals surface area contributed by atoms with Crippen LogP contribution < -0.4 is 5.32 Å². The number of nitrogens with one attached hydrogen (secondary N) is 1. The number of amides is 1. The van der Waals surface area contributed by atoms with Crippen LogP contribution in [0.5, 0.6) is 0 Å². The molecule has 2 rings (SSSR count).